The summed E-state index contributed by atoms with van der Waals surface area (Å²) in [5, 5.41) is 12.3. The van der Waals surface area contributed by atoms with Gasteiger partial charge >= 0.3 is 0 Å². The molecule has 2 N–H and O–H groups in total. The van der Waals surface area contributed by atoms with Crippen LogP contribution in [0, 0.1) is 5.92 Å². The second-order valence-corrected chi connectivity index (χ2v) is 5.41. The van der Waals surface area contributed by atoms with E-state index in [0.29, 0.717) is 29.7 Å². The molecule has 0 bridgehead atoms. The molecule has 1 aromatic heterocycles. The SMILES string of the molecule is Nc1cc(Cl)ccc1-c1nnnn1CCOCC1CC1. The fourth-order valence-corrected chi connectivity index (χ4v) is 2.15. The number of tetrazole rings is 1. The molecule has 3 rings (SSSR count). The number of nitrogens with two attached hydrogens (primary N) is 1. The monoisotopic (exact) mass is 293 g/mol. The molecule has 2 aromatic rings. The zero-order chi connectivity index (χ0) is 13.9. The Labute approximate surface area is 121 Å². The lowest BCUT2D eigenvalue weighted by Gasteiger charge is -2.07. The van der Waals surface area contributed by atoms with Gasteiger partial charge in [0.1, 0.15) is 0 Å². The summed E-state index contributed by atoms with van der Waals surface area (Å²) < 4.78 is 7.30. The van der Waals surface area contributed by atoms with Crippen molar-refractivity contribution in [2.45, 2.75) is 19.4 Å². The van der Waals surface area contributed by atoms with Gasteiger partial charge in [0.25, 0.3) is 0 Å². The van der Waals surface area contributed by atoms with Crippen molar-refractivity contribution in [3.63, 3.8) is 0 Å². The van der Waals surface area contributed by atoms with Gasteiger partial charge in [-0.2, -0.15) is 0 Å². The van der Waals surface area contributed by atoms with Gasteiger partial charge in [0.15, 0.2) is 5.82 Å². The average Bonchev–Trinajstić information content (AvgIpc) is 3.13. The molecule has 1 aliphatic rings. The number of benzene rings is 1. The first-order chi connectivity index (χ1) is 9.74. The van der Waals surface area contributed by atoms with Crippen LogP contribution in [0.5, 0.6) is 0 Å². The smallest absolute Gasteiger partial charge is 0.184 e. The maximum atomic E-state index is 5.96. The number of nitrogen functional groups attached to an aromatic ring is 1. The summed E-state index contributed by atoms with van der Waals surface area (Å²) in [6.45, 7) is 2.04. The van der Waals surface area contributed by atoms with E-state index in [9.17, 15) is 0 Å². The summed E-state index contributed by atoms with van der Waals surface area (Å²) in [4.78, 5) is 0. The van der Waals surface area contributed by atoms with Crippen LogP contribution in [0.1, 0.15) is 12.8 Å². The van der Waals surface area contributed by atoms with Gasteiger partial charge in [0.2, 0.25) is 0 Å². The van der Waals surface area contributed by atoms with Crippen LogP contribution in [0.25, 0.3) is 11.4 Å². The number of nitrogens with zero attached hydrogens (tertiary/aromatic N) is 4. The first-order valence-electron chi connectivity index (χ1n) is 6.63. The second kappa shape index (κ2) is 5.76. The Kier molecular flexibility index (Phi) is 3.84. The lowest BCUT2D eigenvalue weighted by molar-refractivity contribution is 0.114. The summed E-state index contributed by atoms with van der Waals surface area (Å²) in [6.07, 6.45) is 2.58. The van der Waals surface area contributed by atoms with Crippen LogP contribution in [-0.4, -0.2) is 33.4 Å². The van der Waals surface area contributed by atoms with Gasteiger partial charge in [0, 0.05) is 22.9 Å². The average molecular weight is 294 g/mol. The van der Waals surface area contributed by atoms with E-state index in [-0.39, 0.29) is 0 Å². The lowest BCUT2D eigenvalue weighted by atomic mass is 10.1. The minimum absolute atomic E-state index is 0.562. The van der Waals surface area contributed by atoms with E-state index in [1.54, 1.807) is 16.8 Å². The van der Waals surface area contributed by atoms with Gasteiger partial charge in [-0.3, -0.25) is 0 Å². The molecule has 0 aliphatic heterocycles. The van der Waals surface area contributed by atoms with Crippen molar-refractivity contribution >= 4 is 17.3 Å². The van der Waals surface area contributed by atoms with Crippen molar-refractivity contribution in [1.82, 2.24) is 20.2 Å². The highest BCUT2D eigenvalue weighted by Crippen LogP contribution is 2.29. The Morgan fingerprint density at radius 2 is 2.25 bits per heavy atom. The summed E-state index contributed by atoms with van der Waals surface area (Å²) in [7, 11) is 0. The summed E-state index contributed by atoms with van der Waals surface area (Å²) >= 11 is 5.90. The van der Waals surface area contributed by atoms with E-state index >= 15 is 0 Å². The Bertz CT molecular complexity index is 596. The quantitative estimate of drug-likeness (QED) is 0.651. The zero-order valence-corrected chi connectivity index (χ0v) is 11.8. The Balaban J connectivity index is 1.68. The van der Waals surface area contributed by atoms with Gasteiger partial charge in [-0.05, 0) is 47.4 Å². The molecule has 1 fully saturated rings. The van der Waals surface area contributed by atoms with E-state index in [4.69, 9.17) is 22.1 Å². The lowest BCUT2D eigenvalue weighted by Crippen LogP contribution is -2.10. The van der Waals surface area contributed by atoms with Crippen molar-refractivity contribution < 1.29 is 4.74 Å². The number of hydrogen-bond acceptors (Lipinski definition) is 5. The predicted molar refractivity (Wildman–Crippen MR) is 76.2 cm³/mol. The molecule has 0 atom stereocenters. The van der Waals surface area contributed by atoms with Crippen molar-refractivity contribution in [2.24, 2.45) is 5.92 Å². The van der Waals surface area contributed by atoms with Crippen LogP contribution >= 0.6 is 11.6 Å². The summed E-state index contributed by atoms with van der Waals surface area (Å²) in [6, 6.07) is 5.29. The fourth-order valence-electron chi connectivity index (χ4n) is 1.97. The van der Waals surface area contributed by atoms with Crippen LogP contribution in [0.15, 0.2) is 18.2 Å². The second-order valence-electron chi connectivity index (χ2n) is 4.98. The number of halogens is 1. The molecule has 1 aliphatic carbocycles. The van der Waals surface area contributed by atoms with Gasteiger partial charge in [0.05, 0.1) is 13.2 Å². The molecule has 0 saturated heterocycles. The molecule has 1 heterocycles. The zero-order valence-electron chi connectivity index (χ0n) is 11.0. The molecular formula is C13H16ClN5O. The van der Waals surface area contributed by atoms with Gasteiger partial charge in [-0.1, -0.05) is 11.6 Å². The van der Waals surface area contributed by atoms with Crippen molar-refractivity contribution in [1.29, 1.82) is 0 Å². The van der Waals surface area contributed by atoms with Crippen LogP contribution in [0.3, 0.4) is 0 Å². The number of ether oxygens (including phenoxy) is 1. The maximum Gasteiger partial charge on any atom is 0.184 e. The maximum absolute atomic E-state index is 5.96. The molecule has 7 heteroatoms. The number of rotatable bonds is 6. The molecular weight excluding hydrogens is 278 g/mol. The predicted octanol–water partition coefficient (Wildman–Crippen LogP) is 2.00. The molecule has 1 saturated carbocycles. The standard InChI is InChI=1S/C13H16ClN5O/c14-10-3-4-11(12(15)7-10)13-16-17-18-19(13)5-6-20-8-9-1-2-9/h3-4,7,9H,1-2,5-6,8,15H2. The van der Waals surface area contributed by atoms with Crippen LogP contribution in [0.4, 0.5) is 5.69 Å². The van der Waals surface area contributed by atoms with Crippen molar-refractivity contribution in [3.8, 4) is 11.4 Å². The highest BCUT2D eigenvalue weighted by Gasteiger charge is 2.21. The van der Waals surface area contributed by atoms with Gasteiger partial charge in [-0.15, -0.1) is 5.10 Å². The van der Waals surface area contributed by atoms with Crippen LogP contribution < -0.4 is 5.73 Å². The minimum Gasteiger partial charge on any atom is -0.398 e. The first kappa shape index (κ1) is 13.3. The first-order valence-corrected chi connectivity index (χ1v) is 7.01. The van der Waals surface area contributed by atoms with E-state index in [1.165, 1.54) is 12.8 Å². The molecule has 6 nitrogen and oxygen atoms in total. The van der Waals surface area contributed by atoms with Crippen molar-refractivity contribution in [2.75, 3.05) is 18.9 Å². The number of anilines is 1. The van der Waals surface area contributed by atoms with E-state index in [0.717, 1.165) is 18.1 Å². The van der Waals surface area contributed by atoms with Crippen LogP contribution in [0.2, 0.25) is 5.02 Å². The third kappa shape index (κ3) is 3.08. The largest absolute Gasteiger partial charge is 0.398 e. The van der Waals surface area contributed by atoms with E-state index in [2.05, 4.69) is 15.5 Å². The minimum atomic E-state index is 0.562. The summed E-state index contributed by atoms with van der Waals surface area (Å²) in [5.74, 6) is 1.39. The fraction of sp³-hybridized carbons (Fsp3) is 0.462. The Hall–Kier alpha value is -1.66. The number of aromatic nitrogens is 4. The third-order valence-corrected chi connectivity index (χ3v) is 3.52. The number of hydrogen-bond donors (Lipinski definition) is 1. The molecule has 0 amide bonds. The highest BCUT2D eigenvalue weighted by atomic mass is 35.5. The Morgan fingerprint density at radius 3 is 3.00 bits per heavy atom. The molecule has 0 unspecified atom stereocenters. The van der Waals surface area contributed by atoms with E-state index < -0.39 is 0 Å². The van der Waals surface area contributed by atoms with Crippen molar-refractivity contribution in [3.05, 3.63) is 23.2 Å². The van der Waals surface area contributed by atoms with Crippen LogP contribution in [-0.2, 0) is 11.3 Å². The topological polar surface area (TPSA) is 78.9 Å². The highest BCUT2D eigenvalue weighted by molar-refractivity contribution is 6.31. The van der Waals surface area contributed by atoms with Gasteiger partial charge < -0.3 is 10.5 Å². The molecule has 0 radical (unpaired) electrons. The molecule has 0 spiro atoms. The Morgan fingerprint density at radius 1 is 1.40 bits per heavy atom. The molecule has 106 valence electrons. The summed E-state index contributed by atoms with van der Waals surface area (Å²) in [5.41, 5.74) is 7.30. The normalized spacial score (nSPS) is 14.7. The third-order valence-electron chi connectivity index (χ3n) is 3.28. The van der Waals surface area contributed by atoms with Gasteiger partial charge in [-0.25, -0.2) is 4.68 Å². The van der Waals surface area contributed by atoms with E-state index in [1.807, 2.05) is 6.07 Å². The molecule has 20 heavy (non-hydrogen) atoms. The molecule has 1 aromatic carbocycles.